The van der Waals surface area contributed by atoms with E-state index in [1.807, 2.05) is 24.3 Å². The second-order valence-electron chi connectivity index (χ2n) is 3.85. The summed E-state index contributed by atoms with van der Waals surface area (Å²) in [6, 6.07) is 18.1. The predicted molar refractivity (Wildman–Crippen MR) is 76.7 cm³/mol. The molecule has 3 heteroatoms. The molecule has 0 aliphatic heterocycles. The first kappa shape index (κ1) is 12.5. The Kier molecular flexibility index (Phi) is 4.27. The standard InChI is InChI=1S/C15H14N2S/c1-18-15-8-6-14(7-9-15)17-11-13-5-3-2-4-12(13)10-16/h2-9,17H,11H2,1H3. The molecule has 0 spiro atoms. The molecule has 1 N–H and O–H groups in total. The summed E-state index contributed by atoms with van der Waals surface area (Å²) >= 11 is 1.73. The maximum atomic E-state index is 9.00. The van der Waals surface area contributed by atoms with Gasteiger partial charge in [-0.25, -0.2) is 0 Å². The summed E-state index contributed by atoms with van der Waals surface area (Å²) in [6.45, 7) is 0.669. The molecular weight excluding hydrogens is 240 g/mol. The van der Waals surface area contributed by atoms with E-state index in [2.05, 4.69) is 41.9 Å². The van der Waals surface area contributed by atoms with E-state index in [1.54, 1.807) is 11.8 Å². The third kappa shape index (κ3) is 3.06. The Labute approximate surface area is 112 Å². The van der Waals surface area contributed by atoms with Crippen molar-refractivity contribution >= 4 is 17.4 Å². The van der Waals surface area contributed by atoms with Crippen LogP contribution in [0.5, 0.6) is 0 Å². The minimum Gasteiger partial charge on any atom is -0.381 e. The first-order valence-electron chi connectivity index (χ1n) is 5.69. The summed E-state index contributed by atoms with van der Waals surface area (Å²) < 4.78 is 0. The van der Waals surface area contributed by atoms with Crippen LogP contribution in [0.1, 0.15) is 11.1 Å². The molecule has 0 saturated heterocycles. The highest BCUT2D eigenvalue weighted by Gasteiger charge is 2.00. The van der Waals surface area contributed by atoms with Crippen molar-refractivity contribution in [2.45, 2.75) is 11.4 Å². The molecule has 0 aromatic heterocycles. The van der Waals surface area contributed by atoms with Crippen LogP contribution in [0.4, 0.5) is 5.69 Å². The highest BCUT2D eigenvalue weighted by atomic mass is 32.2. The number of thioether (sulfide) groups is 1. The third-order valence-electron chi connectivity index (χ3n) is 2.71. The molecule has 90 valence electrons. The number of nitriles is 1. The van der Waals surface area contributed by atoms with Crippen molar-refractivity contribution in [1.82, 2.24) is 0 Å². The predicted octanol–water partition coefficient (Wildman–Crippen LogP) is 3.89. The number of benzene rings is 2. The average molecular weight is 254 g/mol. The number of anilines is 1. The number of hydrogen-bond acceptors (Lipinski definition) is 3. The number of nitrogens with one attached hydrogen (secondary N) is 1. The van der Waals surface area contributed by atoms with E-state index in [1.165, 1.54) is 4.90 Å². The summed E-state index contributed by atoms with van der Waals surface area (Å²) in [5.41, 5.74) is 2.82. The van der Waals surface area contributed by atoms with Crippen LogP contribution >= 0.6 is 11.8 Å². The van der Waals surface area contributed by atoms with E-state index >= 15 is 0 Å². The van der Waals surface area contributed by atoms with Crippen LogP contribution < -0.4 is 5.32 Å². The molecule has 0 atom stereocenters. The Balaban J connectivity index is 2.05. The molecule has 0 saturated carbocycles. The highest BCUT2D eigenvalue weighted by Crippen LogP contribution is 2.18. The fourth-order valence-electron chi connectivity index (χ4n) is 1.69. The van der Waals surface area contributed by atoms with Crippen molar-refractivity contribution in [3.63, 3.8) is 0 Å². The molecule has 2 rings (SSSR count). The summed E-state index contributed by atoms with van der Waals surface area (Å²) in [6.07, 6.45) is 2.06. The fourth-order valence-corrected chi connectivity index (χ4v) is 2.10. The topological polar surface area (TPSA) is 35.8 Å². The lowest BCUT2D eigenvalue weighted by atomic mass is 10.1. The summed E-state index contributed by atoms with van der Waals surface area (Å²) in [5.74, 6) is 0. The molecule has 2 aromatic carbocycles. The van der Waals surface area contributed by atoms with Gasteiger partial charge in [0.1, 0.15) is 0 Å². The normalized spacial score (nSPS) is 9.78. The summed E-state index contributed by atoms with van der Waals surface area (Å²) in [5, 5.41) is 12.3. The Morgan fingerprint density at radius 2 is 1.83 bits per heavy atom. The van der Waals surface area contributed by atoms with Gasteiger partial charge in [-0.1, -0.05) is 18.2 Å². The Bertz CT molecular complexity index is 555. The van der Waals surface area contributed by atoms with Crippen LogP contribution in [0.3, 0.4) is 0 Å². The van der Waals surface area contributed by atoms with E-state index in [4.69, 9.17) is 5.26 Å². The van der Waals surface area contributed by atoms with E-state index < -0.39 is 0 Å². The van der Waals surface area contributed by atoms with Crippen LogP contribution in [-0.4, -0.2) is 6.26 Å². The van der Waals surface area contributed by atoms with Gasteiger partial charge in [0.2, 0.25) is 0 Å². The summed E-state index contributed by atoms with van der Waals surface area (Å²) in [7, 11) is 0. The quantitative estimate of drug-likeness (QED) is 0.841. The lowest BCUT2D eigenvalue weighted by Gasteiger charge is -2.08. The maximum Gasteiger partial charge on any atom is 0.0995 e. The van der Waals surface area contributed by atoms with Gasteiger partial charge in [-0.05, 0) is 42.2 Å². The van der Waals surface area contributed by atoms with Gasteiger partial charge in [-0.3, -0.25) is 0 Å². The molecule has 18 heavy (non-hydrogen) atoms. The minimum atomic E-state index is 0.669. The van der Waals surface area contributed by atoms with Gasteiger partial charge < -0.3 is 5.32 Å². The lowest BCUT2D eigenvalue weighted by molar-refractivity contribution is 1.13. The first-order chi connectivity index (χ1) is 8.83. The van der Waals surface area contributed by atoms with Gasteiger partial charge in [0.15, 0.2) is 0 Å². The summed E-state index contributed by atoms with van der Waals surface area (Å²) in [4.78, 5) is 1.25. The third-order valence-corrected chi connectivity index (χ3v) is 3.45. The van der Waals surface area contributed by atoms with Crippen molar-refractivity contribution < 1.29 is 0 Å². The Hall–Kier alpha value is -1.92. The molecule has 0 fully saturated rings. The van der Waals surface area contributed by atoms with Gasteiger partial charge in [-0.2, -0.15) is 5.26 Å². The molecule has 0 heterocycles. The number of rotatable bonds is 4. The molecule has 2 nitrogen and oxygen atoms in total. The highest BCUT2D eigenvalue weighted by molar-refractivity contribution is 7.98. The lowest BCUT2D eigenvalue weighted by Crippen LogP contribution is -2.01. The van der Waals surface area contributed by atoms with E-state index in [0.717, 1.165) is 16.8 Å². The number of nitrogens with zero attached hydrogens (tertiary/aromatic N) is 1. The second-order valence-corrected chi connectivity index (χ2v) is 4.73. The van der Waals surface area contributed by atoms with Crippen LogP contribution in [0.25, 0.3) is 0 Å². The van der Waals surface area contributed by atoms with Crippen molar-refractivity contribution in [2.75, 3.05) is 11.6 Å². The van der Waals surface area contributed by atoms with Gasteiger partial charge in [0, 0.05) is 17.1 Å². The molecule has 2 aromatic rings. The Morgan fingerprint density at radius 3 is 2.50 bits per heavy atom. The maximum absolute atomic E-state index is 9.00. The smallest absolute Gasteiger partial charge is 0.0995 e. The largest absolute Gasteiger partial charge is 0.381 e. The van der Waals surface area contributed by atoms with Gasteiger partial charge in [0.05, 0.1) is 11.6 Å². The first-order valence-corrected chi connectivity index (χ1v) is 6.92. The van der Waals surface area contributed by atoms with E-state index in [0.29, 0.717) is 6.54 Å². The zero-order chi connectivity index (χ0) is 12.8. The van der Waals surface area contributed by atoms with Crippen molar-refractivity contribution in [1.29, 1.82) is 5.26 Å². The zero-order valence-corrected chi connectivity index (χ0v) is 11.0. The minimum absolute atomic E-state index is 0.669. The monoisotopic (exact) mass is 254 g/mol. The average Bonchev–Trinajstić information content (AvgIpc) is 2.46. The van der Waals surface area contributed by atoms with E-state index in [-0.39, 0.29) is 0 Å². The van der Waals surface area contributed by atoms with Crippen LogP contribution in [0.2, 0.25) is 0 Å². The van der Waals surface area contributed by atoms with E-state index in [9.17, 15) is 0 Å². The molecule has 0 aliphatic rings. The molecular formula is C15H14N2S. The fraction of sp³-hybridized carbons (Fsp3) is 0.133. The van der Waals surface area contributed by atoms with Crippen LogP contribution in [0.15, 0.2) is 53.4 Å². The van der Waals surface area contributed by atoms with Crippen molar-refractivity contribution in [3.05, 3.63) is 59.7 Å². The molecule has 0 unspecified atom stereocenters. The Morgan fingerprint density at radius 1 is 1.11 bits per heavy atom. The zero-order valence-electron chi connectivity index (χ0n) is 10.2. The SMILES string of the molecule is CSc1ccc(NCc2ccccc2C#N)cc1. The van der Waals surface area contributed by atoms with Gasteiger partial charge in [0.25, 0.3) is 0 Å². The molecule has 0 radical (unpaired) electrons. The van der Waals surface area contributed by atoms with Gasteiger partial charge >= 0.3 is 0 Å². The van der Waals surface area contributed by atoms with Gasteiger partial charge in [-0.15, -0.1) is 11.8 Å². The second kappa shape index (κ2) is 6.13. The molecule has 0 bridgehead atoms. The van der Waals surface area contributed by atoms with Crippen molar-refractivity contribution in [2.24, 2.45) is 0 Å². The van der Waals surface area contributed by atoms with Crippen LogP contribution in [0, 0.1) is 11.3 Å². The van der Waals surface area contributed by atoms with Crippen LogP contribution in [-0.2, 0) is 6.54 Å². The molecule has 0 aliphatic carbocycles. The molecule has 0 amide bonds. The number of hydrogen-bond donors (Lipinski definition) is 1. The van der Waals surface area contributed by atoms with Crippen molar-refractivity contribution in [3.8, 4) is 6.07 Å².